The van der Waals surface area contributed by atoms with Crippen LogP contribution in [0.2, 0.25) is 0 Å². The molecule has 1 aliphatic heterocycles. The lowest BCUT2D eigenvalue weighted by Gasteiger charge is -2.34. The summed E-state index contributed by atoms with van der Waals surface area (Å²) >= 11 is 0. The van der Waals surface area contributed by atoms with Crippen molar-refractivity contribution in [3.05, 3.63) is 17.9 Å². The van der Waals surface area contributed by atoms with Gasteiger partial charge in [-0.15, -0.1) is 0 Å². The number of aliphatic hydroxyl groups is 1. The predicted octanol–water partition coefficient (Wildman–Crippen LogP) is 0.390. The van der Waals surface area contributed by atoms with E-state index in [1.54, 1.807) is 0 Å². The molecule has 1 fully saturated rings. The van der Waals surface area contributed by atoms with Gasteiger partial charge < -0.3 is 14.4 Å². The second-order valence-corrected chi connectivity index (χ2v) is 6.78. The van der Waals surface area contributed by atoms with Crippen molar-refractivity contribution in [3.8, 4) is 0 Å². The molecule has 2 heterocycles. The van der Waals surface area contributed by atoms with Crippen molar-refractivity contribution in [3.63, 3.8) is 0 Å². The first-order chi connectivity index (χ1) is 8.92. The number of hydrogen-bond acceptors (Lipinski definition) is 5. The Morgan fingerprint density at radius 2 is 2.26 bits per heavy atom. The van der Waals surface area contributed by atoms with Gasteiger partial charge >= 0.3 is 0 Å². The van der Waals surface area contributed by atoms with E-state index in [1.165, 1.54) is 12.1 Å². The number of hydrogen-bond donors (Lipinski definition) is 2. The molecule has 2 unspecified atom stereocenters. The van der Waals surface area contributed by atoms with E-state index in [4.69, 9.17) is 9.52 Å². The Hall–Kier alpha value is -0.890. The van der Waals surface area contributed by atoms with E-state index in [0.29, 0.717) is 0 Å². The van der Waals surface area contributed by atoms with Crippen LogP contribution in [0.5, 0.6) is 0 Å². The molecule has 0 amide bonds. The summed E-state index contributed by atoms with van der Waals surface area (Å²) in [6.45, 7) is 3.47. The monoisotopic (exact) mass is 288 g/mol. The molecule has 0 aliphatic carbocycles. The van der Waals surface area contributed by atoms with Gasteiger partial charge in [-0.1, -0.05) is 6.92 Å². The number of nitrogens with one attached hydrogen (secondary N) is 1. The fourth-order valence-electron chi connectivity index (χ4n) is 2.37. The van der Waals surface area contributed by atoms with Gasteiger partial charge in [0.25, 0.3) is 10.0 Å². The van der Waals surface area contributed by atoms with Crippen LogP contribution in [-0.4, -0.2) is 44.6 Å². The van der Waals surface area contributed by atoms with Crippen LogP contribution in [0.3, 0.4) is 0 Å². The molecule has 1 aromatic rings. The standard InChI is InChI=1S/C12H20N2O4S/c1-9-7-14(2)6-5-11(9)13-19(16,17)12-4-3-10(8-15)18-12/h3-4,9,11,13,15H,5-8H2,1-2H3. The Bertz CT molecular complexity index is 526. The number of nitrogens with zero attached hydrogens (tertiary/aromatic N) is 1. The van der Waals surface area contributed by atoms with Crippen LogP contribution in [0, 0.1) is 5.92 Å². The second-order valence-electron chi connectivity index (χ2n) is 5.13. The van der Waals surface area contributed by atoms with E-state index in [0.717, 1.165) is 19.5 Å². The Labute approximate surface area is 113 Å². The van der Waals surface area contributed by atoms with E-state index in [1.807, 2.05) is 14.0 Å². The molecule has 2 rings (SSSR count). The topological polar surface area (TPSA) is 82.8 Å². The molecule has 0 bridgehead atoms. The summed E-state index contributed by atoms with van der Waals surface area (Å²) < 4.78 is 32.1. The molecule has 19 heavy (non-hydrogen) atoms. The Morgan fingerprint density at radius 3 is 2.84 bits per heavy atom. The van der Waals surface area contributed by atoms with Crippen molar-refractivity contribution >= 4 is 10.0 Å². The highest BCUT2D eigenvalue weighted by atomic mass is 32.2. The van der Waals surface area contributed by atoms with Crippen molar-refractivity contribution in [1.82, 2.24) is 9.62 Å². The van der Waals surface area contributed by atoms with E-state index >= 15 is 0 Å². The van der Waals surface area contributed by atoms with E-state index < -0.39 is 10.0 Å². The van der Waals surface area contributed by atoms with Crippen molar-refractivity contribution in [2.45, 2.75) is 31.1 Å². The minimum atomic E-state index is -3.65. The average Bonchev–Trinajstić information content (AvgIpc) is 2.82. The SMILES string of the molecule is CC1CN(C)CCC1NS(=O)(=O)c1ccc(CO)o1. The molecule has 108 valence electrons. The van der Waals surface area contributed by atoms with Gasteiger partial charge in [-0.3, -0.25) is 0 Å². The van der Waals surface area contributed by atoms with Crippen molar-refractivity contribution in [2.75, 3.05) is 20.1 Å². The Kier molecular flexibility index (Phi) is 4.29. The van der Waals surface area contributed by atoms with Gasteiger partial charge in [0.1, 0.15) is 12.4 Å². The van der Waals surface area contributed by atoms with Crippen LogP contribution >= 0.6 is 0 Å². The smallest absolute Gasteiger partial charge is 0.274 e. The lowest BCUT2D eigenvalue weighted by atomic mass is 9.95. The number of aliphatic hydroxyl groups excluding tert-OH is 1. The summed E-state index contributed by atoms with van der Waals surface area (Å²) in [6.07, 6.45) is 0.782. The van der Waals surface area contributed by atoms with Gasteiger partial charge in [0.15, 0.2) is 0 Å². The van der Waals surface area contributed by atoms with Gasteiger partial charge in [-0.25, -0.2) is 13.1 Å². The van der Waals surface area contributed by atoms with Crippen LogP contribution < -0.4 is 4.72 Å². The maximum atomic E-state index is 12.2. The molecule has 0 aromatic carbocycles. The fraction of sp³-hybridized carbons (Fsp3) is 0.667. The van der Waals surface area contributed by atoms with Crippen LogP contribution in [0.25, 0.3) is 0 Å². The summed E-state index contributed by atoms with van der Waals surface area (Å²) in [7, 11) is -1.62. The molecular weight excluding hydrogens is 268 g/mol. The van der Waals surface area contributed by atoms with Gasteiger partial charge in [0.2, 0.25) is 5.09 Å². The fourth-order valence-corrected chi connectivity index (χ4v) is 3.70. The Morgan fingerprint density at radius 1 is 1.53 bits per heavy atom. The molecule has 1 aliphatic rings. The highest BCUT2D eigenvalue weighted by molar-refractivity contribution is 7.89. The first-order valence-corrected chi connectivity index (χ1v) is 7.81. The first kappa shape index (κ1) is 14.5. The predicted molar refractivity (Wildman–Crippen MR) is 70.0 cm³/mol. The molecule has 7 heteroatoms. The number of sulfonamides is 1. The summed E-state index contributed by atoms with van der Waals surface area (Å²) in [5.41, 5.74) is 0. The van der Waals surface area contributed by atoms with Crippen LogP contribution in [0.4, 0.5) is 0 Å². The molecule has 6 nitrogen and oxygen atoms in total. The zero-order chi connectivity index (χ0) is 14.0. The minimum absolute atomic E-state index is 0.0797. The molecule has 2 atom stereocenters. The maximum absolute atomic E-state index is 12.2. The summed E-state index contributed by atoms with van der Waals surface area (Å²) in [5.74, 6) is 0.498. The third-order valence-corrected chi connectivity index (χ3v) is 4.83. The molecule has 0 saturated carbocycles. The van der Waals surface area contributed by atoms with Gasteiger partial charge in [0, 0.05) is 12.6 Å². The van der Waals surface area contributed by atoms with Gasteiger partial charge in [0.05, 0.1) is 0 Å². The number of rotatable bonds is 4. The lowest BCUT2D eigenvalue weighted by Crippen LogP contribution is -2.48. The highest BCUT2D eigenvalue weighted by Crippen LogP contribution is 2.20. The quantitative estimate of drug-likeness (QED) is 0.837. The lowest BCUT2D eigenvalue weighted by molar-refractivity contribution is 0.188. The molecule has 0 spiro atoms. The van der Waals surface area contributed by atoms with Crippen molar-refractivity contribution in [2.24, 2.45) is 5.92 Å². The minimum Gasteiger partial charge on any atom is -0.446 e. The third kappa shape index (κ3) is 3.36. The van der Waals surface area contributed by atoms with Gasteiger partial charge in [-0.2, -0.15) is 0 Å². The number of piperidine rings is 1. The maximum Gasteiger partial charge on any atom is 0.274 e. The summed E-state index contributed by atoms with van der Waals surface area (Å²) in [6, 6.07) is 2.75. The normalized spacial score (nSPS) is 25.6. The first-order valence-electron chi connectivity index (χ1n) is 6.33. The Balaban J connectivity index is 2.08. The number of likely N-dealkylation sites (tertiary alicyclic amines) is 1. The summed E-state index contributed by atoms with van der Waals surface area (Å²) in [4.78, 5) is 2.19. The molecule has 0 radical (unpaired) electrons. The third-order valence-electron chi connectivity index (χ3n) is 3.47. The zero-order valence-electron chi connectivity index (χ0n) is 11.2. The van der Waals surface area contributed by atoms with E-state index in [9.17, 15) is 8.42 Å². The van der Waals surface area contributed by atoms with E-state index in [-0.39, 0.29) is 29.4 Å². The van der Waals surface area contributed by atoms with Crippen molar-refractivity contribution in [1.29, 1.82) is 0 Å². The average molecular weight is 288 g/mol. The molecular formula is C12H20N2O4S. The summed E-state index contributed by atoms with van der Waals surface area (Å²) in [5, 5.41) is 8.76. The van der Waals surface area contributed by atoms with E-state index in [2.05, 4.69) is 9.62 Å². The zero-order valence-corrected chi connectivity index (χ0v) is 12.0. The molecule has 1 saturated heterocycles. The largest absolute Gasteiger partial charge is 0.446 e. The highest BCUT2D eigenvalue weighted by Gasteiger charge is 2.30. The molecule has 1 aromatic heterocycles. The van der Waals surface area contributed by atoms with Gasteiger partial charge in [-0.05, 0) is 38.1 Å². The van der Waals surface area contributed by atoms with Crippen LogP contribution in [0.1, 0.15) is 19.1 Å². The van der Waals surface area contributed by atoms with Crippen LogP contribution in [-0.2, 0) is 16.6 Å². The van der Waals surface area contributed by atoms with Crippen molar-refractivity contribution < 1.29 is 17.9 Å². The number of furan rings is 1. The van der Waals surface area contributed by atoms with Crippen LogP contribution in [0.15, 0.2) is 21.6 Å². The second kappa shape index (κ2) is 5.62. The molecule has 2 N–H and O–H groups in total.